The van der Waals surface area contributed by atoms with Crippen LogP contribution in [-0.2, 0) is 29.4 Å². The van der Waals surface area contributed by atoms with Crippen molar-refractivity contribution in [3.05, 3.63) is 35.9 Å². The second kappa shape index (κ2) is 9.51. The molecule has 0 N–H and O–H groups in total. The van der Waals surface area contributed by atoms with Gasteiger partial charge in [-0.3, -0.25) is 4.79 Å². The Kier molecular flexibility index (Phi) is 7.42. The van der Waals surface area contributed by atoms with Crippen LogP contribution in [0.2, 0.25) is 0 Å². The van der Waals surface area contributed by atoms with Gasteiger partial charge in [-0.25, -0.2) is 4.79 Å². The van der Waals surface area contributed by atoms with Crippen LogP contribution in [0.4, 0.5) is 13.2 Å². The van der Waals surface area contributed by atoms with Gasteiger partial charge in [-0.15, -0.1) is 0 Å². The van der Waals surface area contributed by atoms with Crippen molar-refractivity contribution in [2.75, 3.05) is 13.7 Å². The largest absolute Gasteiger partial charge is 0.463 e. The van der Waals surface area contributed by atoms with Gasteiger partial charge >= 0.3 is 18.1 Å². The van der Waals surface area contributed by atoms with Gasteiger partial charge in [-0.05, 0) is 42.4 Å². The molecule has 0 heterocycles. The zero-order valence-electron chi connectivity index (χ0n) is 20.5. The van der Waals surface area contributed by atoms with Crippen molar-refractivity contribution in [3.63, 3.8) is 0 Å². The van der Waals surface area contributed by atoms with E-state index in [0.29, 0.717) is 6.42 Å². The predicted octanol–water partition coefficient (Wildman–Crippen LogP) is 5.81. The first kappa shape index (κ1) is 26.5. The van der Waals surface area contributed by atoms with Crippen LogP contribution < -0.4 is 0 Å². The molecule has 2 aliphatic carbocycles. The number of hydrogen-bond acceptors (Lipinski definition) is 5. The monoisotopic (exact) mass is 484 g/mol. The van der Waals surface area contributed by atoms with Gasteiger partial charge in [0, 0.05) is 25.5 Å². The van der Waals surface area contributed by atoms with E-state index in [1.165, 1.54) is 31.2 Å². The van der Waals surface area contributed by atoms with Crippen LogP contribution in [0.5, 0.6) is 0 Å². The number of carbonyl (C=O) groups is 2. The Morgan fingerprint density at radius 2 is 1.71 bits per heavy atom. The normalized spacial score (nSPS) is 30.5. The molecule has 1 aromatic carbocycles. The van der Waals surface area contributed by atoms with E-state index in [9.17, 15) is 22.8 Å². The molecule has 0 amide bonds. The summed E-state index contributed by atoms with van der Waals surface area (Å²) in [6, 6.07) is 6.78. The number of hydrogen-bond donors (Lipinski definition) is 0. The van der Waals surface area contributed by atoms with Crippen molar-refractivity contribution in [2.45, 2.75) is 77.7 Å². The molecule has 1 unspecified atom stereocenters. The first-order valence-electron chi connectivity index (χ1n) is 11.8. The highest BCUT2D eigenvalue weighted by atomic mass is 19.4. The molecule has 1 aromatic rings. The lowest BCUT2D eigenvalue weighted by Crippen LogP contribution is -2.56. The smallest absolute Gasteiger partial charge is 0.432 e. The van der Waals surface area contributed by atoms with Crippen molar-refractivity contribution in [1.82, 2.24) is 0 Å². The summed E-state index contributed by atoms with van der Waals surface area (Å²) in [5.41, 5.74) is -3.91. The lowest BCUT2D eigenvalue weighted by Gasteiger charge is -2.58. The number of alkyl halides is 3. The zero-order valence-corrected chi connectivity index (χ0v) is 20.5. The molecule has 0 aromatic heterocycles. The van der Waals surface area contributed by atoms with Crippen molar-refractivity contribution in [2.24, 2.45) is 22.7 Å². The summed E-state index contributed by atoms with van der Waals surface area (Å²) in [5.74, 6) is -2.12. The third-order valence-corrected chi connectivity index (χ3v) is 8.20. The van der Waals surface area contributed by atoms with E-state index in [2.05, 4.69) is 20.8 Å². The summed E-state index contributed by atoms with van der Waals surface area (Å²) in [6.07, 6.45) is -1.31. The number of benzene rings is 1. The molecule has 5 nitrogen and oxygen atoms in total. The van der Waals surface area contributed by atoms with Crippen LogP contribution in [0.3, 0.4) is 0 Å². The molecule has 3 rings (SSSR count). The summed E-state index contributed by atoms with van der Waals surface area (Å²) in [5, 5.41) is 0. The number of fused-ring (bicyclic) bond motifs is 1. The van der Waals surface area contributed by atoms with Gasteiger partial charge in [0.15, 0.2) is 0 Å². The first-order valence-corrected chi connectivity index (χ1v) is 11.8. The van der Waals surface area contributed by atoms with E-state index in [0.717, 1.165) is 32.8 Å². The Balaban J connectivity index is 1.94. The number of methoxy groups -OCH3 is 1. The van der Waals surface area contributed by atoms with E-state index < -0.39 is 35.7 Å². The molecule has 8 heteroatoms. The lowest BCUT2D eigenvalue weighted by atomic mass is 9.48. The number of rotatable bonds is 6. The van der Waals surface area contributed by atoms with Crippen LogP contribution in [0, 0.1) is 22.7 Å². The van der Waals surface area contributed by atoms with Gasteiger partial charge in [0.1, 0.15) is 6.10 Å². The minimum absolute atomic E-state index is 0.0305. The number of carbonyl (C=O) groups excluding carboxylic acids is 2. The van der Waals surface area contributed by atoms with Crippen molar-refractivity contribution in [1.29, 1.82) is 0 Å². The van der Waals surface area contributed by atoms with E-state index in [4.69, 9.17) is 14.2 Å². The van der Waals surface area contributed by atoms with Crippen molar-refractivity contribution in [3.8, 4) is 0 Å². The van der Waals surface area contributed by atoms with Gasteiger partial charge in [-0.2, -0.15) is 13.2 Å². The molecule has 5 atom stereocenters. The van der Waals surface area contributed by atoms with Crippen LogP contribution in [0.15, 0.2) is 30.3 Å². The fourth-order valence-electron chi connectivity index (χ4n) is 6.59. The maximum absolute atomic E-state index is 14.3. The molecule has 2 aliphatic rings. The molecule has 2 fully saturated rings. The maximum atomic E-state index is 14.3. The second-order valence-corrected chi connectivity index (χ2v) is 10.6. The van der Waals surface area contributed by atoms with E-state index in [1.54, 1.807) is 6.07 Å². The number of ether oxygens (including phenoxy) is 3. The Morgan fingerprint density at radius 3 is 2.26 bits per heavy atom. The summed E-state index contributed by atoms with van der Waals surface area (Å²) in [6.45, 7) is 7.54. The topological polar surface area (TPSA) is 61.8 Å². The van der Waals surface area contributed by atoms with E-state index in [-0.39, 0.29) is 28.9 Å². The highest BCUT2D eigenvalue weighted by molar-refractivity contribution is 5.82. The SMILES string of the molecule is CO[C@@](C(=O)OC[C@H]1[C@H](OC(C)=O)CCC2C(C)(C)CCC[C@@]21C)(c1ccccc1)C(F)(F)F. The van der Waals surface area contributed by atoms with Crippen molar-refractivity contribution < 1.29 is 37.0 Å². The van der Waals surface area contributed by atoms with E-state index >= 15 is 0 Å². The average molecular weight is 485 g/mol. The Hall–Kier alpha value is -2.09. The second-order valence-electron chi connectivity index (χ2n) is 10.6. The Morgan fingerprint density at radius 1 is 1.06 bits per heavy atom. The summed E-state index contributed by atoms with van der Waals surface area (Å²) in [7, 11) is 0.852. The van der Waals surface area contributed by atoms with Crippen molar-refractivity contribution >= 4 is 11.9 Å². The highest BCUT2D eigenvalue weighted by Crippen LogP contribution is 2.60. The summed E-state index contributed by atoms with van der Waals surface area (Å²) in [4.78, 5) is 24.9. The lowest BCUT2D eigenvalue weighted by molar-refractivity contribution is -0.278. The van der Waals surface area contributed by atoms with Crippen LogP contribution >= 0.6 is 0 Å². The zero-order chi connectivity index (χ0) is 25.4. The molecule has 0 bridgehead atoms. The molecular weight excluding hydrogens is 449 g/mol. The Labute approximate surface area is 199 Å². The third kappa shape index (κ3) is 4.58. The standard InChI is InChI=1S/C26H35F3O5/c1-17(30)34-20-12-13-21-23(2,3)14-9-15-24(21,4)19(20)16-33-22(31)25(32-5,26(27,28)29)18-10-7-6-8-11-18/h6-8,10-11,19-21H,9,12-16H2,1-5H3/t19-,20+,21?,24+,25+/m0/s1. The maximum Gasteiger partial charge on any atom is 0.432 e. The van der Waals surface area contributed by atoms with Crippen LogP contribution in [0.1, 0.15) is 65.4 Å². The third-order valence-electron chi connectivity index (χ3n) is 8.20. The van der Waals surface area contributed by atoms with Gasteiger partial charge in [0.2, 0.25) is 0 Å². The predicted molar refractivity (Wildman–Crippen MR) is 120 cm³/mol. The first-order chi connectivity index (χ1) is 15.8. The molecule has 0 radical (unpaired) electrons. The molecule has 190 valence electrons. The molecule has 0 aliphatic heterocycles. The molecule has 34 heavy (non-hydrogen) atoms. The highest BCUT2D eigenvalue weighted by Gasteiger charge is 2.64. The van der Waals surface area contributed by atoms with Gasteiger partial charge in [-0.1, -0.05) is 57.5 Å². The van der Waals surface area contributed by atoms with Gasteiger partial charge < -0.3 is 14.2 Å². The molecule has 0 saturated heterocycles. The molecule has 0 spiro atoms. The summed E-state index contributed by atoms with van der Waals surface area (Å²) < 4.78 is 58.7. The number of esters is 2. The average Bonchev–Trinajstić information content (AvgIpc) is 2.72. The fraction of sp³-hybridized carbons (Fsp3) is 0.692. The van der Waals surface area contributed by atoms with Gasteiger partial charge in [0.05, 0.1) is 6.61 Å². The van der Waals surface area contributed by atoms with E-state index in [1.807, 2.05) is 0 Å². The van der Waals surface area contributed by atoms with Crippen LogP contribution in [0.25, 0.3) is 0 Å². The molecular formula is C26H35F3O5. The van der Waals surface area contributed by atoms with Gasteiger partial charge in [0.25, 0.3) is 5.60 Å². The quantitative estimate of drug-likeness (QED) is 0.477. The minimum atomic E-state index is -5.04. The minimum Gasteiger partial charge on any atom is -0.463 e. The summed E-state index contributed by atoms with van der Waals surface area (Å²) >= 11 is 0. The Bertz CT molecular complexity index is 884. The number of halogens is 3. The van der Waals surface area contributed by atoms with Crippen LogP contribution in [-0.4, -0.2) is 37.9 Å². The fourth-order valence-corrected chi connectivity index (χ4v) is 6.59. The molecule has 2 saturated carbocycles.